The van der Waals surface area contributed by atoms with Crippen LogP contribution in [0.1, 0.15) is 5.56 Å². The van der Waals surface area contributed by atoms with E-state index in [2.05, 4.69) is 5.32 Å². The summed E-state index contributed by atoms with van der Waals surface area (Å²) in [5.74, 6) is -0.783. The fourth-order valence-corrected chi connectivity index (χ4v) is 1.53. The van der Waals surface area contributed by atoms with E-state index >= 15 is 0 Å². The van der Waals surface area contributed by atoms with Crippen molar-refractivity contribution in [2.24, 2.45) is 0 Å². The average molecular weight is 199 g/mol. The molecule has 1 aliphatic rings. The van der Waals surface area contributed by atoms with Gasteiger partial charge in [0.25, 0.3) is 0 Å². The van der Waals surface area contributed by atoms with Crippen molar-refractivity contribution < 1.29 is 13.5 Å². The summed E-state index contributed by atoms with van der Waals surface area (Å²) in [4.78, 5) is 0. The summed E-state index contributed by atoms with van der Waals surface area (Å²) in [6.45, 7) is 1.18. The first kappa shape index (κ1) is 9.55. The van der Waals surface area contributed by atoms with Gasteiger partial charge < -0.3 is 4.74 Å². The Balaban J connectivity index is 2.10. The van der Waals surface area contributed by atoms with Gasteiger partial charge >= 0.3 is 0 Å². The second kappa shape index (κ2) is 4.02. The highest BCUT2D eigenvalue weighted by Gasteiger charge is 2.17. The maximum atomic E-state index is 13.2. The third-order valence-corrected chi connectivity index (χ3v) is 2.25. The topological polar surface area (TPSA) is 21.3 Å². The monoisotopic (exact) mass is 199 g/mol. The Morgan fingerprint density at radius 2 is 2.29 bits per heavy atom. The lowest BCUT2D eigenvalue weighted by molar-refractivity contribution is 0.113. The molecule has 76 valence electrons. The highest BCUT2D eigenvalue weighted by Crippen LogP contribution is 2.14. The molecule has 14 heavy (non-hydrogen) atoms. The summed E-state index contributed by atoms with van der Waals surface area (Å²) in [6.07, 6.45) is 0.364. The van der Waals surface area contributed by atoms with Crippen molar-refractivity contribution in [1.82, 2.24) is 5.32 Å². The van der Waals surface area contributed by atoms with Crippen molar-refractivity contribution in [3.63, 3.8) is 0 Å². The van der Waals surface area contributed by atoms with Crippen LogP contribution in [-0.2, 0) is 11.2 Å². The largest absolute Gasteiger partial charge is 0.361 e. The van der Waals surface area contributed by atoms with Crippen molar-refractivity contribution in [2.45, 2.75) is 12.5 Å². The lowest BCUT2D eigenvalue weighted by atomic mass is 10.1. The number of rotatable bonds is 2. The Hall–Kier alpha value is -1.00. The molecule has 2 nitrogen and oxygen atoms in total. The molecule has 0 aliphatic carbocycles. The van der Waals surface area contributed by atoms with E-state index in [1.54, 1.807) is 0 Å². The number of ether oxygens (including phenoxy) is 1. The predicted octanol–water partition coefficient (Wildman–Crippen LogP) is 1.45. The molecule has 0 aromatic heterocycles. The molecule has 1 unspecified atom stereocenters. The van der Waals surface area contributed by atoms with Gasteiger partial charge in [0, 0.05) is 13.0 Å². The van der Waals surface area contributed by atoms with Crippen molar-refractivity contribution in [3.8, 4) is 0 Å². The summed E-state index contributed by atoms with van der Waals surface area (Å²) < 4.78 is 31.2. The number of benzene rings is 1. The molecule has 0 radical (unpaired) electrons. The first-order valence-electron chi connectivity index (χ1n) is 4.52. The van der Waals surface area contributed by atoms with Crippen LogP contribution in [0.3, 0.4) is 0 Å². The fourth-order valence-electron chi connectivity index (χ4n) is 1.53. The molecule has 1 aliphatic heterocycles. The molecule has 1 aromatic carbocycles. The van der Waals surface area contributed by atoms with E-state index in [-0.39, 0.29) is 11.9 Å². The third-order valence-electron chi connectivity index (χ3n) is 2.25. The number of hydrogen-bond acceptors (Lipinski definition) is 2. The zero-order valence-electron chi connectivity index (χ0n) is 7.59. The van der Waals surface area contributed by atoms with Crippen LogP contribution in [0.2, 0.25) is 0 Å². The lowest BCUT2D eigenvalue weighted by Crippen LogP contribution is -2.17. The third kappa shape index (κ3) is 2.08. The minimum atomic E-state index is -0.410. The van der Waals surface area contributed by atoms with Gasteiger partial charge in [-0.25, -0.2) is 8.78 Å². The van der Waals surface area contributed by atoms with Gasteiger partial charge in [-0.1, -0.05) is 0 Å². The molecule has 0 spiro atoms. The van der Waals surface area contributed by atoms with E-state index in [1.165, 1.54) is 6.07 Å². The van der Waals surface area contributed by atoms with Crippen molar-refractivity contribution in [3.05, 3.63) is 35.4 Å². The van der Waals surface area contributed by atoms with Gasteiger partial charge in [0.1, 0.15) is 11.6 Å². The first-order chi connectivity index (χ1) is 6.75. The highest BCUT2D eigenvalue weighted by atomic mass is 19.1. The van der Waals surface area contributed by atoms with E-state index in [9.17, 15) is 8.78 Å². The molecule has 1 fully saturated rings. The van der Waals surface area contributed by atoms with Gasteiger partial charge in [-0.2, -0.15) is 0 Å². The van der Waals surface area contributed by atoms with Crippen LogP contribution in [0.15, 0.2) is 18.2 Å². The van der Waals surface area contributed by atoms with E-state index in [1.807, 2.05) is 0 Å². The molecular formula is C10H11F2NO. The summed E-state index contributed by atoms with van der Waals surface area (Å²) in [5.41, 5.74) is 0.374. The van der Waals surface area contributed by atoms with Crippen molar-refractivity contribution in [1.29, 1.82) is 0 Å². The number of nitrogens with one attached hydrogen (secondary N) is 1. The van der Waals surface area contributed by atoms with Gasteiger partial charge in [0.2, 0.25) is 0 Å². The minimum Gasteiger partial charge on any atom is -0.361 e. The molecule has 0 bridgehead atoms. The minimum absolute atomic E-state index is 0.0497. The number of halogens is 2. The Morgan fingerprint density at radius 1 is 1.43 bits per heavy atom. The molecule has 1 saturated heterocycles. The maximum absolute atomic E-state index is 13.2. The summed E-state index contributed by atoms with van der Waals surface area (Å²) >= 11 is 0. The van der Waals surface area contributed by atoms with Crippen LogP contribution in [0.5, 0.6) is 0 Å². The molecule has 0 saturated carbocycles. The molecule has 1 aromatic rings. The summed E-state index contributed by atoms with van der Waals surface area (Å²) in [6, 6.07) is 3.48. The van der Waals surface area contributed by atoms with E-state index < -0.39 is 5.82 Å². The standard InChI is InChI=1S/C10H11F2NO/c11-8-1-2-10(12)7(3-8)4-9-5-13-6-14-9/h1-3,9,13H,4-6H2. The smallest absolute Gasteiger partial charge is 0.126 e. The van der Waals surface area contributed by atoms with Crippen LogP contribution >= 0.6 is 0 Å². The summed E-state index contributed by atoms with van der Waals surface area (Å²) in [5, 5.41) is 2.99. The van der Waals surface area contributed by atoms with Crippen LogP contribution in [0.25, 0.3) is 0 Å². The lowest BCUT2D eigenvalue weighted by Gasteiger charge is -2.08. The maximum Gasteiger partial charge on any atom is 0.126 e. The van der Waals surface area contributed by atoms with E-state index in [0.717, 1.165) is 12.1 Å². The fraction of sp³-hybridized carbons (Fsp3) is 0.400. The molecular weight excluding hydrogens is 188 g/mol. The average Bonchev–Trinajstić information content (AvgIpc) is 2.64. The highest BCUT2D eigenvalue weighted by molar-refractivity contribution is 5.19. The molecule has 4 heteroatoms. The predicted molar refractivity (Wildman–Crippen MR) is 47.8 cm³/mol. The van der Waals surface area contributed by atoms with Gasteiger partial charge in [-0.15, -0.1) is 0 Å². The second-order valence-electron chi connectivity index (χ2n) is 3.33. The van der Waals surface area contributed by atoms with Gasteiger partial charge in [0.05, 0.1) is 12.8 Å². The molecule has 2 rings (SSSR count). The Labute approximate surface area is 80.9 Å². The Kier molecular flexibility index (Phi) is 2.74. The zero-order valence-corrected chi connectivity index (χ0v) is 7.59. The SMILES string of the molecule is Fc1ccc(F)c(CC2CNCO2)c1. The zero-order chi connectivity index (χ0) is 9.97. The molecule has 1 N–H and O–H groups in total. The number of hydrogen-bond donors (Lipinski definition) is 1. The van der Waals surface area contributed by atoms with Crippen LogP contribution in [-0.4, -0.2) is 19.4 Å². The summed E-state index contributed by atoms with van der Waals surface area (Å²) in [7, 11) is 0. The van der Waals surface area contributed by atoms with Crippen molar-refractivity contribution in [2.75, 3.05) is 13.3 Å². The normalized spacial score (nSPS) is 21.4. The second-order valence-corrected chi connectivity index (χ2v) is 3.33. The Bertz CT molecular complexity index is 324. The molecule has 1 atom stereocenters. The first-order valence-corrected chi connectivity index (χ1v) is 4.52. The van der Waals surface area contributed by atoms with Crippen molar-refractivity contribution >= 4 is 0 Å². The van der Waals surface area contributed by atoms with E-state index in [0.29, 0.717) is 25.3 Å². The van der Waals surface area contributed by atoms with Gasteiger partial charge in [-0.05, 0) is 23.8 Å². The molecule has 0 amide bonds. The van der Waals surface area contributed by atoms with Crippen LogP contribution in [0.4, 0.5) is 8.78 Å². The quantitative estimate of drug-likeness (QED) is 0.778. The Morgan fingerprint density at radius 3 is 3.00 bits per heavy atom. The van der Waals surface area contributed by atoms with Gasteiger partial charge in [0.15, 0.2) is 0 Å². The molecule has 1 heterocycles. The van der Waals surface area contributed by atoms with Crippen LogP contribution < -0.4 is 5.32 Å². The van der Waals surface area contributed by atoms with Crippen LogP contribution in [0, 0.1) is 11.6 Å². The van der Waals surface area contributed by atoms with Gasteiger partial charge in [-0.3, -0.25) is 5.32 Å². The van der Waals surface area contributed by atoms with E-state index in [4.69, 9.17) is 4.74 Å².